The molecular formula is C13H16ClNO3S. The molecule has 1 aliphatic heterocycles. The van der Waals surface area contributed by atoms with E-state index in [1.165, 1.54) is 11.8 Å². The van der Waals surface area contributed by atoms with Crippen molar-refractivity contribution in [3.8, 4) is 0 Å². The summed E-state index contributed by atoms with van der Waals surface area (Å²) in [5.41, 5.74) is -0.902. The number of carbonyl (C=O) groups is 1. The summed E-state index contributed by atoms with van der Waals surface area (Å²) in [5.74, 6) is 0.221. The predicted molar refractivity (Wildman–Crippen MR) is 75.6 cm³/mol. The molecule has 2 N–H and O–H groups in total. The fourth-order valence-electron chi connectivity index (χ4n) is 1.73. The maximum absolute atomic E-state index is 11.7. The van der Waals surface area contributed by atoms with Crippen molar-refractivity contribution in [2.24, 2.45) is 0 Å². The van der Waals surface area contributed by atoms with Gasteiger partial charge in [-0.2, -0.15) is 0 Å². The summed E-state index contributed by atoms with van der Waals surface area (Å²) in [6.07, 6.45) is 0.567. The van der Waals surface area contributed by atoms with E-state index in [2.05, 4.69) is 5.32 Å². The van der Waals surface area contributed by atoms with Crippen LogP contribution in [0, 0.1) is 0 Å². The molecule has 0 aromatic heterocycles. The van der Waals surface area contributed by atoms with Gasteiger partial charge in [-0.1, -0.05) is 11.6 Å². The standard InChI is InChI=1S/C13H16ClNO3S/c14-10-1-3-11(4-2-10)19-7-12(16)15-8-13(17)5-6-18-9-13/h1-4,17H,5-9H2,(H,15,16). The Morgan fingerprint density at radius 2 is 2.21 bits per heavy atom. The number of carbonyl (C=O) groups excluding carboxylic acids is 1. The van der Waals surface area contributed by atoms with Crippen molar-refractivity contribution in [2.45, 2.75) is 16.9 Å². The number of rotatable bonds is 5. The second-order valence-corrected chi connectivity index (χ2v) is 6.03. The molecule has 0 bridgehead atoms. The highest BCUT2D eigenvalue weighted by molar-refractivity contribution is 8.00. The van der Waals surface area contributed by atoms with Crippen molar-refractivity contribution >= 4 is 29.3 Å². The van der Waals surface area contributed by atoms with Gasteiger partial charge in [0.1, 0.15) is 5.60 Å². The van der Waals surface area contributed by atoms with Crippen molar-refractivity contribution in [3.05, 3.63) is 29.3 Å². The lowest BCUT2D eigenvalue weighted by Gasteiger charge is -2.20. The number of halogens is 1. The number of ether oxygens (including phenoxy) is 1. The normalized spacial score (nSPS) is 22.4. The third kappa shape index (κ3) is 4.69. The summed E-state index contributed by atoms with van der Waals surface area (Å²) < 4.78 is 5.11. The molecule has 2 rings (SSSR count). The van der Waals surface area contributed by atoms with Gasteiger partial charge in [0.05, 0.1) is 12.4 Å². The largest absolute Gasteiger partial charge is 0.386 e. The van der Waals surface area contributed by atoms with Gasteiger partial charge in [-0.3, -0.25) is 4.79 Å². The van der Waals surface area contributed by atoms with Crippen LogP contribution >= 0.6 is 23.4 Å². The van der Waals surface area contributed by atoms with Gasteiger partial charge in [0.25, 0.3) is 0 Å². The third-order valence-electron chi connectivity index (χ3n) is 2.88. The Morgan fingerprint density at radius 1 is 1.47 bits per heavy atom. The monoisotopic (exact) mass is 301 g/mol. The van der Waals surface area contributed by atoms with Gasteiger partial charge in [0.15, 0.2) is 0 Å². The zero-order valence-electron chi connectivity index (χ0n) is 10.4. The van der Waals surface area contributed by atoms with Gasteiger partial charge in [0, 0.05) is 29.5 Å². The minimum absolute atomic E-state index is 0.0970. The maximum Gasteiger partial charge on any atom is 0.230 e. The number of hydrogen-bond donors (Lipinski definition) is 2. The number of thioether (sulfide) groups is 1. The molecule has 1 aliphatic rings. The lowest BCUT2D eigenvalue weighted by atomic mass is 10.0. The number of hydrogen-bond acceptors (Lipinski definition) is 4. The van der Waals surface area contributed by atoms with E-state index in [1.807, 2.05) is 12.1 Å². The van der Waals surface area contributed by atoms with Gasteiger partial charge in [-0.15, -0.1) is 11.8 Å². The fourth-order valence-corrected chi connectivity index (χ4v) is 2.58. The molecule has 1 atom stereocenters. The van der Waals surface area contributed by atoms with Gasteiger partial charge in [0.2, 0.25) is 5.91 Å². The van der Waals surface area contributed by atoms with Crippen LogP contribution in [0.25, 0.3) is 0 Å². The molecule has 19 heavy (non-hydrogen) atoms. The van der Waals surface area contributed by atoms with Crippen molar-refractivity contribution in [3.63, 3.8) is 0 Å². The molecule has 1 aromatic rings. The zero-order chi connectivity index (χ0) is 13.7. The third-order valence-corrected chi connectivity index (χ3v) is 4.14. The average Bonchev–Trinajstić information content (AvgIpc) is 2.83. The first-order valence-electron chi connectivity index (χ1n) is 6.03. The maximum atomic E-state index is 11.7. The summed E-state index contributed by atoms with van der Waals surface area (Å²) in [7, 11) is 0. The van der Waals surface area contributed by atoms with E-state index in [-0.39, 0.29) is 19.1 Å². The first kappa shape index (κ1) is 14.7. The minimum Gasteiger partial charge on any atom is -0.386 e. The highest BCUT2D eigenvalue weighted by Crippen LogP contribution is 2.20. The number of amides is 1. The quantitative estimate of drug-likeness (QED) is 0.813. The van der Waals surface area contributed by atoms with Crippen LogP contribution in [0.4, 0.5) is 0 Å². The Balaban J connectivity index is 1.71. The summed E-state index contributed by atoms with van der Waals surface area (Å²) in [4.78, 5) is 12.7. The van der Waals surface area contributed by atoms with Gasteiger partial charge < -0.3 is 15.2 Å². The Hall–Kier alpha value is -0.750. The van der Waals surface area contributed by atoms with E-state index in [0.29, 0.717) is 23.8 Å². The molecule has 1 amide bonds. The number of nitrogens with one attached hydrogen (secondary N) is 1. The molecule has 1 unspecified atom stereocenters. The van der Waals surface area contributed by atoms with E-state index in [0.717, 1.165) is 4.90 Å². The van der Waals surface area contributed by atoms with Crippen LogP contribution in [0.3, 0.4) is 0 Å². The Bertz CT molecular complexity index is 432. The summed E-state index contributed by atoms with van der Waals surface area (Å²) in [5, 5.41) is 13.4. The fraction of sp³-hybridized carbons (Fsp3) is 0.462. The molecule has 1 aromatic carbocycles. The lowest BCUT2D eigenvalue weighted by molar-refractivity contribution is -0.119. The van der Waals surface area contributed by atoms with Crippen LogP contribution in [0.1, 0.15) is 6.42 Å². The molecule has 0 aliphatic carbocycles. The molecule has 0 saturated carbocycles. The molecule has 1 fully saturated rings. The van der Waals surface area contributed by atoms with Crippen LogP contribution in [-0.4, -0.2) is 42.1 Å². The van der Waals surface area contributed by atoms with Gasteiger partial charge in [-0.25, -0.2) is 0 Å². The summed E-state index contributed by atoms with van der Waals surface area (Å²) >= 11 is 7.22. The predicted octanol–water partition coefficient (Wildman–Crippen LogP) is 1.70. The second kappa shape index (κ2) is 6.61. The number of benzene rings is 1. The van der Waals surface area contributed by atoms with Crippen molar-refractivity contribution in [1.29, 1.82) is 0 Å². The Kier molecular flexibility index (Phi) is 5.10. The molecule has 104 valence electrons. The molecule has 6 heteroatoms. The molecule has 1 saturated heterocycles. The first-order chi connectivity index (χ1) is 9.07. The molecule has 0 radical (unpaired) electrons. The lowest BCUT2D eigenvalue weighted by Crippen LogP contribution is -2.43. The highest BCUT2D eigenvalue weighted by Gasteiger charge is 2.32. The minimum atomic E-state index is -0.902. The van der Waals surface area contributed by atoms with Gasteiger partial charge in [-0.05, 0) is 24.3 Å². The molecule has 0 spiro atoms. The van der Waals surface area contributed by atoms with Crippen LogP contribution < -0.4 is 5.32 Å². The van der Waals surface area contributed by atoms with Crippen molar-refractivity contribution in [1.82, 2.24) is 5.32 Å². The average molecular weight is 302 g/mol. The molecule has 4 nitrogen and oxygen atoms in total. The topological polar surface area (TPSA) is 58.6 Å². The second-order valence-electron chi connectivity index (χ2n) is 4.55. The van der Waals surface area contributed by atoms with E-state index >= 15 is 0 Å². The summed E-state index contributed by atoms with van der Waals surface area (Å²) in [6.45, 7) is 1.08. The van der Waals surface area contributed by atoms with Gasteiger partial charge >= 0.3 is 0 Å². The Morgan fingerprint density at radius 3 is 2.84 bits per heavy atom. The van der Waals surface area contributed by atoms with E-state index < -0.39 is 5.60 Å². The number of aliphatic hydroxyl groups is 1. The molecule has 1 heterocycles. The summed E-state index contributed by atoms with van der Waals surface area (Å²) in [6, 6.07) is 7.33. The van der Waals surface area contributed by atoms with Crippen molar-refractivity contribution in [2.75, 3.05) is 25.5 Å². The van der Waals surface area contributed by atoms with Crippen LogP contribution in [0.5, 0.6) is 0 Å². The molecular weight excluding hydrogens is 286 g/mol. The van der Waals surface area contributed by atoms with E-state index in [9.17, 15) is 9.90 Å². The highest BCUT2D eigenvalue weighted by atomic mass is 35.5. The van der Waals surface area contributed by atoms with Crippen LogP contribution in [0.15, 0.2) is 29.2 Å². The first-order valence-corrected chi connectivity index (χ1v) is 7.39. The zero-order valence-corrected chi connectivity index (χ0v) is 12.0. The SMILES string of the molecule is O=C(CSc1ccc(Cl)cc1)NCC1(O)CCOC1. The smallest absolute Gasteiger partial charge is 0.230 e. The van der Waals surface area contributed by atoms with Crippen molar-refractivity contribution < 1.29 is 14.6 Å². The van der Waals surface area contributed by atoms with Crippen LogP contribution in [-0.2, 0) is 9.53 Å². The Labute approximate surface area is 121 Å². The van der Waals surface area contributed by atoms with E-state index in [4.69, 9.17) is 16.3 Å². The van der Waals surface area contributed by atoms with E-state index in [1.54, 1.807) is 12.1 Å². The van der Waals surface area contributed by atoms with Crippen LogP contribution in [0.2, 0.25) is 5.02 Å².